The Morgan fingerprint density at radius 3 is 2.69 bits per heavy atom. The van der Waals surface area contributed by atoms with Crippen LogP contribution >= 0.6 is 0 Å². The van der Waals surface area contributed by atoms with Gasteiger partial charge in [-0.05, 0) is 56.2 Å². The van der Waals surface area contributed by atoms with E-state index in [4.69, 9.17) is 4.74 Å². The second kappa shape index (κ2) is 10.1. The molecule has 11 heteroatoms. The molecule has 0 radical (unpaired) electrons. The molecule has 6 rings (SSSR count). The van der Waals surface area contributed by atoms with Gasteiger partial charge in [-0.3, -0.25) is 9.36 Å². The van der Waals surface area contributed by atoms with Gasteiger partial charge in [-0.1, -0.05) is 18.2 Å². The molecule has 1 fully saturated rings. The van der Waals surface area contributed by atoms with Crippen LogP contribution in [0.5, 0.6) is 11.6 Å². The van der Waals surface area contributed by atoms with Gasteiger partial charge in [0.15, 0.2) is 5.82 Å². The minimum atomic E-state index is -0.405. The van der Waals surface area contributed by atoms with Gasteiger partial charge in [-0.15, -0.1) is 10.2 Å². The first-order valence-electron chi connectivity index (χ1n) is 12.6. The molecule has 1 saturated carbocycles. The van der Waals surface area contributed by atoms with E-state index < -0.39 is 5.82 Å². The molecule has 1 aliphatic rings. The lowest BCUT2D eigenvalue weighted by molar-refractivity contribution is 0.0908. The summed E-state index contributed by atoms with van der Waals surface area (Å²) < 4.78 is 22.2. The summed E-state index contributed by atoms with van der Waals surface area (Å²) in [6.45, 7) is 2.42. The van der Waals surface area contributed by atoms with Crippen molar-refractivity contribution in [3.8, 4) is 28.8 Å². The second-order valence-corrected chi connectivity index (χ2v) is 9.22. The van der Waals surface area contributed by atoms with E-state index in [1.807, 2.05) is 6.92 Å². The molecular formula is C28H24FN7O3. The number of aromatic hydroxyl groups is 1. The summed E-state index contributed by atoms with van der Waals surface area (Å²) in [5.41, 5.74) is 2.08. The number of carbonyl (C=O) groups is 1. The first kappa shape index (κ1) is 24.4. The van der Waals surface area contributed by atoms with E-state index in [0.29, 0.717) is 64.8 Å². The summed E-state index contributed by atoms with van der Waals surface area (Å²) in [6.07, 6.45) is 4.02. The summed E-state index contributed by atoms with van der Waals surface area (Å²) in [5.74, 6) is 0.705. The highest BCUT2D eigenvalue weighted by Gasteiger charge is 2.37. The number of hydrogen-bond acceptors (Lipinski definition) is 8. The Kier molecular flexibility index (Phi) is 6.31. The second-order valence-electron chi connectivity index (χ2n) is 9.22. The first-order chi connectivity index (χ1) is 19.0. The zero-order valence-corrected chi connectivity index (χ0v) is 21.0. The van der Waals surface area contributed by atoms with Crippen LogP contribution in [0.1, 0.15) is 41.9 Å². The van der Waals surface area contributed by atoms with E-state index in [2.05, 4.69) is 30.5 Å². The normalized spacial score (nSPS) is 16.6. The maximum atomic E-state index is 15.0. The molecule has 3 aromatic heterocycles. The number of fused-ring (bicyclic) bond motifs is 1. The topological polar surface area (TPSA) is 128 Å². The van der Waals surface area contributed by atoms with Crippen LogP contribution in [0.3, 0.4) is 0 Å². The van der Waals surface area contributed by atoms with Crippen LogP contribution in [-0.2, 0) is 0 Å². The fraction of sp³-hybridized carbons (Fsp3) is 0.214. The predicted octanol–water partition coefficient (Wildman–Crippen LogP) is 4.19. The van der Waals surface area contributed by atoms with E-state index in [0.717, 1.165) is 0 Å². The number of nitrogens with one attached hydrogen (secondary N) is 1. The fourth-order valence-corrected chi connectivity index (χ4v) is 4.79. The molecule has 2 N–H and O–H groups in total. The van der Waals surface area contributed by atoms with Gasteiger partial charge >= 0.3 is 0 Å². The number of rotatable bonds is 7. The van der Waals surface area contributed by atoms with Gasteiger partial charge < -0.3 is 15.2 Å². The largest absolute Gasteiger partial charge is 0.492 e. The summed E-state index contributed by atoms with van der Waals surface area (Å²) in [6, 6.07) is 15.0. The van der Waals surface area contributed by atoms with Crippen molar-refractivity contribution >= 4 is 16.9 Å². The monoisotopic (exact) mass is 525 g/mol. The van der Waals surface area contributed by atoms with E-state index in [9.17, 15) is 14.3 Å². The van der Waals surface area contributed by atoms with Crippen LogP contribution in [0, 0.1) is 5.82 Å². The van der Waals surface area contributed by atoms with Crippen molar-refractivity contribution in [2.45, 2.75) is 31.7 Å². The molecule has 3 heterocycles. The molecule has 0 aliphatic heterocycles. The number of pyridine rings is 1. The van der Waals surface area contributed by atoms with Gasteiger partial charge in [-0.2, -0.15) is 0 Å². The number of halogens is 1. The summed E-state index contributed by atoms with van der Waals surface area (Å²) >= 11 is 0. The summed E-state index contributed by atoms with van der Waals surface area (Å²) in [5, 5.41) is 21.4. The van der Waals surface area contributed by atoms with E-state index in [-0.39, 0.29) is 23.7 Å². The lowest BCUT2D eigenvalue weighted by Gasteiger charge is -2.35. The van der Waals surface area contributed by atoms with Crippen LogP contribution in [0.25, 0.3) is 28.2 Å². The highest BCUT2D eigenvalue weighted by molar-refractivity contribution is 6.04. The van der Waals surface area contributed by atoms with Gasteiger partial charge in [0.1, 0.15) is 28.6 Å². The molecule has 0 atom stereocenters. The molecular weight excluding hydrogens is 501 g/mol. The Labute approximate surface area is 222 Å². The molecule has 0 unspecified atom stereocenters. The Morgan fingerprint density at radius 1 is 1.08 bits per heavy atom. The van der Waals surface area contributed by atoms with E-state index in [1.54, 1.807) is 59.3 Å². The number of para-hydroxylation sites is 2. The predicted molar refractivity (Wildman–Crippen MR) is 140 cm³/mol. The molecule has 0 spiro atoms. The van der Waals surface area contributed by atoms with Crippen molar-refractivity contribution in [2.24, 2.45) is 0 Å². The van der Waals surface area contributed by atoms with Crippen molar-refractivity contribution in [3.63, 3.8) is 0 Å². The third kappa shape index (κ3) is 4.63. The molecule has 39 heavy (non-hydrogen) atoms. The zero-order valence-electron chi connectivity index (χ0n) is 21.0. The molecule has 196 valence electrons. The number of aromatic nitrogens is 6. The standard InChI is InChI=1S/C28H24FN7O3/c1-2-39-18-10-11-22(30-14-18)27-35-34-26(36(27)23-9-4-3-7-20(23)29)16-12-17(13-16)32-28(38)19-6-5-8-21-25(19)31-15-24(37)33-21/h3-11,14-17H,2,12-13H2,1H3,(H,32,38)(H,33,37)/t16-,17-. The van der Waals surface area contributed by atoms with Crippen LogP contribution in [0.4, 0.5) is 4.39 Å². The SMILES string of the molecule is CCOc1ccc(-c2nnc([C@H]3C[C@H](NC(=O)c4cccc5nc(O)cnc45)C3)n2-c2ccccc2F)nc1. The number of carbonyl (C=O) groups excluding carboxylic acids is 1. The zero-order chi connectivity index (χ0) is 26.9. The number of hydrogen-bond donors (Lipinski definition) is 2. The highest BCUT2D eigenvalue weighted by Crippen LogP contribution is 2.39. The minimum Gasteiger partial charge on any atom is -0.492 e. The molecule has 0 bridgehead atoms. The van der Waals surface area contributed by atoms with Crippen molar-refractivity contribution < 1.29 is 19.0 Å². The van der Waals surface area contributed by atoms with Gasteiger partial charge in [0, 0.05) is 12.0 Å². The van der Waals surface area contributed by atoms with Gasteiger partial charge in [0.2, 0.25) is 5.88 Å². The number of nitrogens with zero attached hydrogens (tertiary/aromatic N) is 6. The molecule has 1 aliphatic carbocycles. The van der Waals surface area contributed by atoms with Crippen molar-refractivity contribution in [1.29, 1.82) is 0 Å². The highest BCUT2D eigenvalue weighted by atomic mass is 19.1. The van der Waals surface area contributed by atoms with Crippen LogP contribution in [0.15, 0.2) is 67.0 Å². The first-order valence-corrected chi connectivity index (χ1v) is 12.6. The van der Waals surface area contributed by atoms with Crippen molar-refractivity contribution in [1.82, 2.24) is 35.0 Å². The summed E-state index contributed by atoms with van der Waals surface area (Å²) in [4.78, 5) is 25.7. The van der Waals surface area contributed by atoms with Crippen LogP contribution in [0.2, 0.25) is 0 Å². The maximum Gasteiger partial charge on any atom is 0.253 e. The Morgan fingerprint density at radius 2 is 1.92 bits per heavy atom. The van der Waals surface area contributed by atoms with E-state index in [1.165, 1.54) is 12.3 Å². The number of ether oxygens (including phenoxy) is 1. The molecule has 2 aromatic carbocycles. The van der Waals surface area contributed by atoms with Crippen molar-refractivity contribution in [2.75, 3.05) is 6.61 Å². The minimum absolute atomic E-state index is 0.0527. The number of amides is 1. The quantitative estimate of drug-likeness (QED) is 0.324. The van der Waals surface area contributed by atoms with Gasteiger partial charge in [0.25, 0.3) is 5.91 Å². The number of benzene rings is 2. The van der Waals surface area contributed by atoms with Crippen LogP contribution in [-0.4, -0.2) is 53.4 Å². The average Bonchev–Trinajstić information content (AvgIpc) is 3.35. The molecule has 0 saturated heterocycles. The van der Waals surface area contributed by atoms with Crippen molar-refractivity contribution in [3.05, 3.63) is 84.2 Å². The maximum absolute atomic E-state index is 15.0. The molecule has 5 aromatic rings. The Balaban J connectivity index is 1.25. The third-order valence-corrected chi connectivity index (χ3v) is 6.70. The lowest BCUT2D eigenvalue weighted by atomic mass is 9.79. The Bertz CT molecular complexity index is 1670. The third-order valence-electron chi connectivity index (χ3n) is 6.70. The molecule has 10 nitrogen and oxygen atoms in total. The van der Waals surface area contributed by atoms with Gasteiger partial charge in [0.05, 0.1) is 35.8 Å². The molecule has 1 amide bonds. The fourth-order valence-electron chi connectivity index (χ4n) is 4.79. The Hall–Kier alpha value is -4.93. The van der Waals surface area contributed by atoms with Crippen LogP contribution < -0.4 is 10.1 Å². The smallest absolute Gasteiger partial charge is 0.253 e. The lowest BCUT2D eigenvalue weighted by Crippen LogP contribution is -2.44. The average molecular weight is 526 g/mol. The van der Waals surface area contributed by atoms with E-state index >= 15 is 0 Å². The summed E-state index contributed by atoms with van der Waals surface area (Å²) in [7, 11) is 0. The van der Waals surface area contributed by atoms with Gasteiger partial charge in [-0.25, -0.2) is 19.3 Å².